The fourth-order valence-electron chi connectivity index (χ4n) is 4.91. The van der Waals surface area contributed by atoms with Crippen molar-refractivity contribution >= 4 is 66.2 Å². The van der Waals surface area contributed by atoms with Crippen LogP contribution in [0.4, 0.5) is 5.00 Å². The molecule has 0 bridgehead atoms. The minimum atomic E-state index is -3.62. The zero-order valence-electron chi connectivity index (χ0n) is 21.4. The SMILES string of the molecule is CCN1CCc2c(sc(NC(=O)c3ccc(S(=O)(=O)N4CCOCC4)cc3)c2-c2nc3ccccc3s2)C1.Cl. The number of nitrogens with zero attached hydrogens (tertiary/aromatic N) is 3. The fourth-order valence-corrected chi connectivity index (χ4v) is 8.71. The molecule has 12 heteroatoms. The Morgan fingerprint density at radius 2 is 1.79 bits per heavy atom. The molecule has 8 nitrogen and oxygen atoms in total. The van der Waals surface area contributed by atoms with Gasteiger partial charge in [0.25, 0.3) is 5.91 Å². The Labute approximate surface area is 242 Å². The lowest BCUT2D eigenvalue weighted by Gasteiger charge is -2.26. The average molecular weight is 605 g/mol. The number of fused-ring (bicyclic) bond motifs is 2. The summed E-state index contributed by atoms with van der Waals surface area (Å²) in [6, 6.07) is 14.2. The van der Waals surface area contributed by atoms with Gasteiger partial charge in [-0.1, -0.05) is 19.1 Å². The molecule has 206 valence electrons. The molecule has 4 aromatic rings. The van der Waals surface area contributed by atoms with Crippen LogP contribution in [-0.2, 0) is 27.7 Å². The number of hydrogen-bond acceptors (Lipinski definition) is 8. The Bertz CT molecular complexity index is 1560. The fraction of sp³-hybridized carbons (Fsp3) is 0.333. The largest absolute Gasteiger partial charge is 0.379 e. The first kappa shape index (κ1) is 28.2. The Balaban J connectivity index is 0.00000308. The molecule has 6 rings (SSSR count). The number of morpholine rings is 1. The number of para-hydroxylation sites is 1. The number of hydrogen-bond donors (Lipinski definition) is 1. The molecule has 1 amide bonds. The van der Waals surface area contributed by atoms with Crippen LogP contribution in [0.2, 0.25) is 0 Å². The first-order valence-corrected chi connectivity index (χ1v) is 15.7. The number of likely N-dealkylation sites (N-methyl/N-ethyl adjacent to an activating group) is 1. The standard InChI is InChI=1S/C27H28N4O4S3.ClH/c1-2-30-12-11-20-23(17-30)37-27(24(20)26-28-21-5-3-4-6-22(21)36-26)29-25(32)18-7-9-19(10-8-18)38(33,34)31-13-15-35-16-14-31;/h3-10H,2,11-17H2,1H3,(H,29,32);1H. The van der Waals surface area contributed by atoms with Crippen LogP contribution in [0.5, 0.6) is 0 Å². The van der Waals surface area contributed by atoms with E-state index >= 15 is 0 Å². The van der Waals surface area contributed by atoms with Gasteiger partial charge in [-0.05, 0) is 54.9 Å². The summed E-state index contributed by atoms with van der Waals surface area (Å²) in [4.78, 5) is 22.1. The normalized spacial score (nSPS) is 16.5. The number of carbonyl (C=O) groups excluding carboxylic acids is 1. The Kier molecular flexibility index (Phi) is 8.39. The number of nitrogens with one attached hydrogen (secondary N) is 1. The average Bonchev–Trinajstić information content (AvgIpc) is 3.53. The van der Waals surface area contributed by atoms with E-state index in [-0.39, 0.29) is 23.2 Å². The molecule has 2 aromatic carbocycles. The van der Waals surface area contributed by atoms with Crippen LogP contribution < -0.4 is 5.32 Å². The lowest BCUT2D eigenvalue weighted by molar-refractivity contribution is 0.0730. The summed E-state index contributed by atoms with van der Waals surface area (Å²) in [5, 5.41) is 4.84. The van der Waals surface area contributed by atoms with Gasteiger partial charge in [0.2, 0.25) is 10.0 Å². The summed E-state index contributed by atoms with van der Waals surface area (Å²) in [6.07, 6.45) is 0.912. The minimum Gasteiger partial charge on any atom is -0.379 e. The van der Waals surface area contributed by atoms with Gasteiger partial charge in [-0.3, -0.25) is 9.69 Å². The first-order valence-electron chi connectivity index (χ1n) is 12.7. The molecule has 1 fully saturated rings. The van der Waals surface area contributed by atoms with Gasteiger partial charge in [0.05, 0.1) is 28.3 Å². The number of rotatable bonds is 6. The van der Waals surface area contributed by atoms with E-state index in [1.54, 1.807) is 34.8 Å². The molecule has 1 N–H and O–H groups in total. The topological polar surface area (TPSA) is 91.8 Å². The molecular weight excluding hydrogens is 576 g/mol. The Hall–Kier alpha value is -2.38. The molecule has 39 heavy (non-hydrogen) atoms. The molecule has 0 spiro atoms. The lowest BCUT2D eigenvalue weighted by atomic mass is 10.0. The van der Waals surface area contributed by atoms with Crippen molar-refractivity contribution in [3.05, 3.63) is 64.5 Å². The molecular formula is C27H29ClN4O4S3. The molecule has 0 aliphatic carbocycles. The van der Waals surface area contributed by atoms with Gasteiger partial charge >= 0.3 is 0 Å². The first-order chi connectivity index (χ1) is 18.4. The summed E-state index contributed by atoms with van der Waals surface area (Å²) in [5.74, 6) is -0.270. The number of thiazole rings is 1. The van der Waals surface area contributed by atoms with Gasteiger partial charge in [-0.2, -0.15) is 4.31 Å². The monoisotopic (exact) mass is 604 g/mol. The van der Waals surface area contributed by atoms with Crippen LogP contribution in [-0.4, -0.2) is 67.9 Å². The van der Waals surface area contributed by atoms with Crippen molar-refractivity contribution in [2.24, 2.45) is 0 Å². The summed E-state index contributed by atoms with van der Waals surface area (Å²) in [5.41, 5.74) is 3.64. The number of anilines is 1. The highest BCUT2D eigenvalue weighted by atomic mass is 35.5. The molecule has 2 aromatic heterocycles. The van der Waals surface area contributed by atoms with Crippen LogP contribution in [0, 0.1) is 0 Å². The van der Waals surface area contributed by atoms with E-state index in [9.17, 15) is 13.2 Å². The highest BCUT2D eigenvalue weighted by Crippen LogP contribution is 2.45. The van der Waals surface area contributed by atoms with E-state index in [1.807, 2.05) is 18.2 Å². The number of amides is 1. The predicted molar refractivity (Wildman–Crippen MR) is 159 cm³/mol. The number of halogens is 1. The second-order valence-electron chi connectivity index (χ2n) is 9.31. The zero-order chi connectivity index (χ0) is 26.3. The third-order valence-electron chi connectivity index (χ3n) is 7.04. The quantitative estimate of drug-likeness (QED) is 0.329. The van der Waals surface area contributed by atoms with Crippen LogP contribution in [0.15, 0.2) is 53.4 Å². The molecule has 0 unspecified atom stereocenters. The summed E-state index contributed by atoms with van der Waals surface area (Å²) in [6.45, 7) is 6.42. The van der Waals surface area contributed by atoms with E-state index in [2.05, 4.69) is 23.2 Å². The molecule has 1 saturated heterocycles. The maximum Gasteiger partial charge on any atom is 0.256 e. The second kappa shape index (κ2) is 11.6. The Morgan fingerprint density at radius 1 is 1.05 bits per heavy atom. The van der Waals surface area contributed by atoms with E-state index < -0.39 is 10.0 Å². The smallest absolute Gasteiger partial charge is 0.256 e. The van der Waals surface area contributed by atoms with Crippen molar-refractivity contribution in [3.63, 3.8) is 0 Å². The van der Waals surface area contributed by atoms with E-state index in [1.165, 1.54) is 26.9 Å². The number of aromatic nitrogens is 1. The molecule has 0 atom stereocenters. The maximum atomic E-state index is 13.4. The van der Waals surface area contributed by atoms with E-state index in [0.717, 1.165) is 51.8 Å². The molecule has 4 heterocycles. The van der Waals surface area contributed by atoms with Crippen molar-refractivity contribution < 1.29 is 17.9 Å². The predicted octanol–water partition coefficient (Wildman–Crippen LogP) is 5.10. The highest BCUT2D eigenvalue weighted by molar-refractivity contribution is 7.89. The van der Waals surface area contributed by atoms with Crippen molar-refractivity contribution in [1.82, 2.24) is 14.2 Å². The third kappa shape index (κ3) is 5.49. The number of thiophene rings is 1. The van der Waals surface area contributed by atoms with Crippen LogP contribution in [0.25, 0.3) is 20.8 Å². The molecule has 2 aliphatic heterocycles. The Morgan fingerprint density at radius 3 is 2.51 bits per heavy atom. The van der Waals surface area contributed by atoms with Gasteiger partial charge in [0, 0.05) is 42.2 Å². The number of carbonyl (C=O) groups is 1. The van der Waals surface area contributed by atoms with Crippen LogP contribution >= 0.6 is 35.1 Å². The van der Waals surface area contributed by atoms with Crippen molar-refractivity contribution in [3.8, 4) is 10.6 Å². The summed E-state index contributed by atoms with van der Waals surface area (Å²) >= 11 is 3.25. The van der Waals surface area contributed by atoms with E-state index in [4.69, 9.17) is 9.72 Å². The maximum absolute atomic E-state index is 13.4. The number of sulfonamides is 1. The minimum absolute atomic E-state index is 0. The third-order valence-corrected chi connectivity index (χ3v) is 11.1. The van der Waals surface area contributed by atoms with Crippen molar-refractivity contribution in [2.75, 3.05) is 44.7 Å². The van der Waals surface area contributed by atoms with Gasteiger partial charge in [0.1, 0.15) is 10.0 Å². The molecule has 0 saturated carbocycles. The number of ether oxygens (including phenoxy) is 1. The van der Waals surface area contributed by atoms with Gasteiger partial charge in [-0.25, -0.2) is 13.4 Å². The summed E-state index contributed by atoms with van der Waals surface area (Å²) < 4.78 is 33.7. The lowest BCUT2D eigenvalue weighted by Crippen LogP contribution is -2.40. The van der Waals surface area contributed by atoms with Gasteiger partial charge in [-0.15, -0.1) is 35.1 Å². The highest BCUT2D eigenvalue weighted by Gasteiger charge is 2.29. The van der Waals surface area contributed by atoms with Crippen molar-refractivity contribution in [1.29, 1.82) is 0 Å². The summed E-state index contributed by atoms with van der Waals surface area (Å²) in [7, 11) is -3.62. The van der Waals surface area contributed by atoms with Crippen molar-refractivity contribution in [2.45, 2.75) is 24.8 Å². The van der Waals surface area contributed by atoms with Gasteiger partial charge < -0.3 is 10.1 Å². The zero-order valence-corrected chi connectivity index (χ0v) is 24.6. The van der Waals surface area contributed by atoms with Crippen LogP contribution in [0.1, 0.15) is 27.7 Å². The number of benzene rings is 2. The van der Waals surface area contributed by atoms with Gasteiger partial charge in [0.15, 0.2) is 0 Å². The van der Waals surface area contributed by atoms with E-state index in [0.29, 0.717) is 31.9 Å². The second-order valence-corrected chi connectivity index (χ2v) is 13.4. The molecule has 2 aliphatic rings. The molecule has 0 radical (unpaired) electrons. The van der Waals surface area contributed by atoms with Crippen LogP contribution in [0.3, 0.4) is 0 Å².